The van der Waals surface area contributed by atoms with Gasteiger partial charge in [-0.2, -0.15) is 0 Å². The predicted molar refractivity (Wildman–Crippen MR) is 19.0 cm³/mol. The lowest BCUT2D eigenvalue weighted by Crippen LogP contribution is -2.15. The van der Waals surface area contributed by atoms with E-state index in [9.17, 15) is 0 Å². The molecule has 1 nitrogen and oxygen atoms in total. The molecule has 0 fully saturated rings. The number of rotatable bonds is 1. The molecule has 0 aliphatic heterocycles. The Morgan fingerprint density at radius 3 is 2.25 bits per heavy atom. The molecule has 0 radical (unpaired) electrons. The van der Waals surface area contributed by atoms with Gasteiger partial charge in [0.05, 0.1) is 0 Å². The zero-order valence-corrected chi connectivity index (χ0v) is 3.20. The van der Waals surface area contributed by atoms with Crippen LogP contribution in [-0.4, -0.2) is 0 Å². The largest absolute Gasteiger partial charge is 0.241 e. The summed E-state index contributed by atoms with van der Waals surface area (Å²) in [7, 11) is 0.762. The molecule has 0 bridgehead atoms. The zero-order valence-electron chi connectivity index (χ0n) is 2.31. The molecule has 0 amide bonds. The van der Waals surface area contributed by atoms with Gasteiger partial charge in [0, 0.05) is 5.82 Å². The first-order chi connectivity index (χ1) is 1.91. The molecule has 0 aromatic carbocycles. The van der Waals surface area contributed by atoms with Crippen LogP contribution in [0.1, 0.15) is 0 Å². The van der Waals surface area contributed by atoms with Crippen LogP contribution in [0, 0.1) is 0 Å². The summed E-state index contributed by atoms with van der Waals surface area (Å²) in [6, 6.07) is 0. The Morgan fingerprint density at radius 1 is 2.00 bits per heavy atom. The van der Waals surface area contributed by atoms with E-state index in [4.69, 9.17) is 5.16 Å². The van der Waals surface area contributed by atoms with Crippen molar-refractivity contribution in [3.63, 3.8) is 0 Å². The van der Waals surface area contributed by atoms with Gasteiger partial charge in [-0.1, -0.05) is 6.58 Å². The van der Waals surface area contributed by atoms with E-state index in [0.717, 1.165) is 8.37 Å². The highest BCUT2D eigenvalue weighted by Gasteiger charge is 1.44. The molecule has 2 N–H and O–H groups in total. The monoisotopic (exact) mass is 74.0 g/mol. The lowest BCUT2D eigenvalue weighted by Gasteiger charge is -1.31. The molecule has 2 heteroatoms. The van der Waals surface area contributed by atoms with Gasteiger partial charge in [-0.15, -0.1) is 0 Å². The zero-order chi connectivity index (χ0) is 3.41. The molecular formula is C2H5NP+. The lowest BCUT2D eigenvalue weighted by molar-refractivity contribution is -0.0745. The number of nitrogens with two attached hydrogens (primary N) is 1. The molecular weight excluding hydrogens is 69.0 g/mol. The molecule has 0 rings (SSSR count). The van der Waals surface area contributed by atoms with Crippen molar-refractivity contribution in [1.29, 1.82) is 0 Å². The number of hydrogen-bond donors (Lipinski definition) is 1. The fourth-order valence-electron chi connectivity index (χ4n) is 0. The third kappa shape index (κ3) is 1.84. The molecule has 0 unspecified atom stereocenters. The van der Waals surface area contributed by atoms with E-state index in [1.54, 1.807) is 5.82 Å². The molecule has 0 atom stereocenters. The third-order valence-corrected chi connectivity index (χ3v) is 0.316. The Labute approximate surface area is 27.0 Å². The fourth-order valence-corrected chi connectivity index (χ4v) is 0. The van der Waals surface area contributed by atoms with Crippen LogP contribution in [0.3, 0.4) is 0 Å². The van der Waals surface area contributed by atoms with Crippen molar-refractivity contribution in [2.45, 2.75) is 0 Å². The number of hydrogen-bond acceptors (Lipinski definition) is 0. The Morgan fingerprint density at radius 2 is 2.25 bits per heavy atom. The second kappa shape index (κ2) is 2.84. The van der Waals surface area contributed by atoms with Crippen LogP contribution in [0.15, 0.2) is 12.4 Å². The van der Waals surface area contributed by atoms with E-state index in [0.29, 0.717) is 0 Å². The van der Waals surface area contributed by atoms with E-state index in [-0.39, 0.29) is 0 Å². The van der Waals surface area contributed by atoms with E-state index < -0.39 is 0 Å². The summed E-state index contributed by atoms with van der Waals surface area (Å²) < 4.78 is 0. The van der Waals surface area contributed by atoms with Gasteiger partial charge in [0.25, 0.3) is 0 Å². The van der Waals surface area contributed by atoms with Crippen molar-refractivity contribution in [1.82, 2.24) is 0 Å². The van der Waals surface area contributed by atoms with E-state index in [1.165, 1.54) is 0 Å². The second-order valence-electron chi connectivity index (χ2n) is 0.332. The van der Waals surface area contributed by atoms with Crippen LogP contribution in [0.2, 0.25) is 0 Å². The molecule has 4 heavy (non-hydrogen) atoms. The standard InChI is InChI=1S/C2H4NP/c1-2-4-3/h2-3H,1H2/p+1. The van der Waals surface area contributed by atoms with E-state index in [1.807, 2.05) is 0 Å². The maximum atomic E-state index is 4.88. The van der Waals surface area contributed by atoms with Crippen LogP contribution in [0.25, 0.3) is 0 Å². The molecule has 0 aromatic heterocycles. The maximum absolute atomic E-state index is 4.88. The molecule has 22 valence electrons. The maximum Gasteiger partial charge on any atom is 0.233 e. The van der Waals surface area contributed by atoms with Crippen LogP contribution < -0.4 is 5.16 Å². The summed E-state index contributed by atoms with van der Waals surface area (Å²) in [4.78, 5) is 0. The smallest absolute Gasteiger partial charge is 0.233 e. The average Bonchev–Trinajstić information content (AvgIpc) is 1.37. The van der Waals surface area contributed by atoms with E-state index >= 15 is 0 Å². The summed E-state index contributed by atoms with van der Waals surface area (Å²) in [5.74, 6) is 1.62. The molecule has 0 aliphatic carbocycles. The van der Waals surface area contributed by atoms with Crippen molar-refractivity contribution in [2.24, 2.45) is 0 Å². The van der Waals surface area contributed by atoms with Gasteiger partial charge in [0.1, 0.15) is 0 Å². The van der Waals surface area contributed by atoms with Gasteiger partial charge >= 0.3 is 0 Å². The molecule has 0 saturated carbocycles. The lowest BCUT2D eigenvalue weighted by atomic mass is 11.3. The summed E-state index contributed by atoms with van der Waals surface area (Å²) in [5.41, 5.74) is 0. The summed E-state index contributed by atoms with van der Waals surface area (Å²) in [6.07, 6.45) is 0. The minimum absolute atomic E-state index is 0.762. The Bertz CT molecular complexity index is 27.0. The first-order valence-electron chi connectivity index (χ1n) is 0.925. The second-order valence-corrected chi connectivity index (χ2v) is 0.995. The normalized spacial score (nSPS) is 7.00. The van der Waals surface area contributed by atoms with Crippen LogP contribution in [0.5, 0.6) is 0 Å². The summed E-state index contributed by atoms with van der Waals surface area (Å²) >= 11 is 0. The van der Waals surface area contributed by atoms with Gasteiger partial charge < -0.3 is 0 Å². The summed E-state index contributed by atoms with van der Waals surface area (Å²) in [5, 5.41) is 4.88. The van der Waals surface area contributed by atoms with Gasteiger partial charge in [0.2, 0.25) is 8.37 Å². The molecule has 0 aromatic rings. The van der Waals surface area contributed by atoms with Gasteiger partial charge in [-0.05, 0) is 0 Å². The van der Waals surface area contributed by atoms with Gasteiger partial charge in [0.15, 0.2) is 0 Å². The minimum atomic E-state index is 0.762. The van der Waals surface area contributed by atoms with Crippen LogP contribution >= 0.6 is 8.37 Å². The quantitative estimate of drug-likeness (QED) is 0.424. The third-order valence-electron chi connectivity index (χ3n) is 0.105. The Hall–Kier alpha value is -0.160. The van der Waals surface area contributed by atoms with Crippen molar-refractivity contribution < 1.29 is 5.16 Å². The fraction of sp³-hybridized carbons (Fsp3) is 0. The highest BCUT2D eigenvalue weighted by atomic mass is 31.1. The first kappa shape index (κ1) is 3.84. The van der Waals surface area contributed by atoms with Crippen molar-refractivity contribution >= 4 is 8.37 Å². The topological polar surface area (TPSA) is 25.6 Å². The van der Waals surface area contributed by atoms with Gasteiger partial charge in [-0.25, -0.2) is 5.16 Å². The van der Waals surface area contributed by atoms with Crippen LogP contribution in [-0.2, 0) is 0 Å². The average molecular weight is 74.0 g/mol. The van der Waals surface area contributed by atoms with Crippen molar-refractivity contribution in [2.75, 3.05) is 0 Å². The highest BCUT2D eigenvalue weighted by molar-refractivity contribution is 7.27. The van der Waals surface area contributed by atoms with Gasteiger partial charge in [-0.3, -0.25) is 0 Å². The Balaban J connectivity index is 2.73. The molecule has 0 spiro atoms. The highest BCUT2D eigenvalue weighted by Crippen LogP contribution is 1.77. The molecule has 0 heterocycles. The van der Waals surface area contributed by atoms with E-state index in [2.05, 4.69) is 6.58 Å². The SMILES string of the molecule is C=CP=[NH2+]. The predicted octanol–water partition coefficient (Wildman–Crippen LogP) is 0.0188. The molecule has 0 aliphatic rings. The molecule has 0 saturated heterocycles. The first-order valence-corrected chi connectivity index (χ1v) is 1.96. The summed E-state index contributed by atoms with van der Waals surface area (Å²) in [6.45, 7) is 3.34. The minimum Gasteiger partial charge on any atom is -0.241 e. The van der Waals surface area contributed by atoms with Crippen molar-refractivity contribution in [3.05, 3.63) is 12.4 Å². The van der Waals surface area contributed by atoms with Crippen molar-refractivity contribution in [3.8, 4) is 0 Å². The Kier molecular flexibility index (Phi) is 2.73. The van der Waals surface area contributed by atoms with Crippen LogP contribution in [0.4, 0.5) is 0 Å².